The van der Waals surface area contributed by atoms with Crippen molar-refractivity contribution in [2.75, 3.05) is 0 Å². The van der Waals surface area contributed by atoms with E-state index in [1.54, 1.807) is 0 Å². The lowest BCUT2D eigenvalue weighted by Crippen LogP contribution is -2.15. The van der Waals surface area contributed by atoms with Gasteiger partial charge < -0.3 is 0 Å². The molecule has 1 aromatic carbocycles. The standard InChI is InChI=1S/C14H20O/c1-9(2)14(15)12(5)13-7-10(3)6-11(4)8-13/h6-9,12H,1-5H3. The molecule has 15 heavy (non-hydrogen) atoms. The van der Waals surface area contributed by atoms with Crippen LogP contribution in [0.25, 0.3) is 0 Å². The number of carbonyl (C=O) groups excluding carboxylic acids is 1. The molecule has 0 bridgehead atoms. The van der Waals surface area contributed by atoms with E-state index in [9.17, 15) is 4.79 Å². The topological polar surface area (TPSA) is 17.1 Å². The summed E-state index contributed by atoms with van der Waals surface area (Å²) in [7, 11) is 0. The summed E-state index contributed by atoms with van der Waals surface area (Å²) in [4.78, 5) is 11.9. The normalized spacial score (nSPS) is 12.9. The number of aryl methyl sites for hydroxylation is 2. The van der Waals surface area contributed by atoms with E-state index in [-0.39, 0.29) is 11.8 Å². The van der Waals surface area contributed by atoms with Gasteiger partial charge in [0, 0.05) is 11.8 Å². The molecule has 0 radical (unpaired) electrons. The number of Topliss-reactive ketones (excluding diaryl/α,β-unsaturated/α-hetero) is 1. The number of carbonyl (C=O) groups is 1. The van der Waals surface area contributed by atoms with Crippen LogP contribution < -0.4 is 0 Å². The van der Waals surface area contributed by atoms with E-state index in [0.717, 1.165) is 5.56 Å². The molecule has 0 aliphatic rings. The van der Waals surface area contributed by atoms with Crippen LogP contribution in [0.2, 0.25) is 0 Å². The first-order valence-corrected chi connectivity index (χ1v) is 5.53. The summed E-state index contributed by atoms with van der Waals surface area (Å²) >= 11 is 0. The van der Waals surface area contributed by atoms with Crippen LogP contribution in [0.1, 0.15) is 43.4 Å². The molecule has 0 saturated carbocycles. The second-order valence-corrected chi connectivity index (χ2v) is 4.70. The summed E-state index contributed by atoms with van der Waals surface area (Å²) in [5.41, 5.74) is 3.60. The minimum absolute atomic E-state index is 0.0172. The van der Waals surface area contributed by atoms with Gasteiger partial charge in [-0.3, -0.25) is 4.79 Å². The first-order valence-electron chi connectivity index (χ1n) is 5.53. The predicted molar refractivity (Wildman–Crippen MR) is 64.2 cm³/mol. The highest BCUT2D eigenvalue weighted by Crippen LogP contribution is 2.22. The second kappa shape index (κ2) is 4.61. The van der Waals surface area contributed by atoms with E-state index in [4.69, 9.17) is 0 Å². The van der Waals surface area contributed by atoms with Crippen LogP contribution in [0, 0.1) is 19.8 Å². The molecule has 1 atom stereocenters. The third-order valence-electron chi connectivity index (χ3n) is 2.74. The van der Waals surface area contributed by atoms with E-state index in [0.29, 0.717) is 5.78 Å². The van der Waals surface area contributed by atoms with Crippen molar-refractivity contribution in [3.8, 4) is 0 Å². The van der Waals surface area contributed by atoms with Gasteiger partial charge in [0.1, 0.15) is 5.78 Å². The maximum Gasteiger partial charge on any atom is 0.142 e. The highest BCUT2D eigenvalue weighted by molar-refractivity contribution is 5.87. The van der Waals surface area contributed by atoms with Crippen LogP contribution >= 0.6 is 0 Å². The molecule has 1 aromatic rings. The van der Waals surface area contributed by atoms with Gasteiger partial charge in [0.15, 0.2) is 0 Å². The fourth-order valence-corrected chi connectivity index (χ4v) is 1.92. The summed E-state index contributed by atoms with van der Waals surface area (Å²) in [6.45, 7) is 10.1. The molecule has 0 heterocycles. The first kappa shape index (κ1) is 12.0. The number of ketones is 1. The number of hydrogen-bond acceptors (Lipinski definition) is 1. The Labute approximate surface area is 92.5 Å². The third kappa shape index (κ3) is 2.92. The monoisotopic (exact) mass is 204 g/mol. The Morgan fingerprint density at radius 3 is 1.87 bits per heavy atom. The number of rotatable bonds is 3. The van der Waals surface area contributed by atoms with Gasteiger partial charge >= 0.3 is 0 Å². The molecule has 0 fully saturated rings. The predicted octanol–water partition coefficient (Wildman–Crippen LogP) is 3.63. The largest absolute Gasteiger partial charge is 0.299 e. The highest BCUT2D eigenvalue weighted by atomic mass is 16.1. The number of hydrogen-bond donors (Lipinski definition) is 0. The minimum Gasteiger partial charge on any atom is -0.299 e. The van der Waals surface area contributed by atoms with Crippen molar-refractivity contribution in [2.45, 2.75) is 40.5 Å². The zero-order valence-electron chi connectivity index (χ0n) is 10.3. The van der Waals surface area contributed by atoms with Gasteiger partial charge in [0.05, 0.1) is 0 Å². The molecule has 0 aliphatic heterocycles. The average Bonchev–Trinajstić information content (AvgIpc) is 2.13. The van der Waals surface area contributed by atoms with Crippen LogP contribution in [-0.4, -0.2) is 5.78 Å². The quantitative estimate of drug-likeness (QED) is 0.734. The second-order valence-electron chi connectivity index (χ2n) is 4.70. The van der Waals surface area contributed by atoms with E-state index >= 15 is 0 Å². The van der Waals surface area contributed by atoms with Crippen LogP contribution in [-0.2, 0) is 4.79 Å². The lowest BCUT2D eigenvalue weighted by molar-refractivity contribution is -0.123. The Kier molecular flexibility index (Phi) is 3.67. The zero-order valence-corrected chi connectivity index (χ0v) is 10.3. The summed E-state index contributed by atoms with van der Waals surface area (Å²) in [6, 6.07) is 6.35. The lowest BCUT2D eigenvalue weighted by Gasteiger charge is -2.14. The molecule has 0 amide bonds. The number of benzene rings is 1. The van der Waals surface area contributed by atoms with E-state index in [1.165, 1.54) is 11.1 Å². The molecule has 1 rings (SSSR count). The van der Waals surface area contributed by atoms with Gasteiger partial charge in [0.2, 0.25) is 0 Å². The van der Waals surface area contributed by atoms with Gasteiger partial charge in [-0.1, -0.05) is 50.1 Å². The van der Waals surface area contributed by atoms with Gasteiger partial charge in [0.25, 0.3) is 0 Å². The van der Waals surface area contributed by atoms with Crippen molar-refractivity contribution < 1.29 is 4.79 Å². The maximum atomic E-state index is 11.9. The van der Waals surface area contributed by atoms with E-state index < -0.39 is 0 Å². The Balaban J connectivity index is 3.00. The molecule has 0 N–H and O–H groups in total. The van der Waals surface area contributed by atoms with E-state index in [2.05, 4.69) is 32.0 Å². The van der Waals surface area contributed by atoms with Gasteiger partial charge in [-0.15, -0.1) is 0 Å². The lowest BCUT2D eigenvalue weighted by atomic mass is 9.89. The van der Waals surface area contributed by atoms with Crippen molar-refractivity contribution in [1.82, 2.24) is 0 Å². The van der Waals surface area contributed by atoms with Gasteiger partial charge in [-0.05, 0) is 19.4 Å². The van der Waals surface area contributed by atoms with Gasteiger partial charge in [-0.2, -0.15) is 0 Å². The van der Waals surface area contributed by atoms with Crippen molar-refractivity contribution in [3.63, 3.8) is 0 Å². The van der Waals surface area contributed by atoms with Crippen molar-refractivity contribution >= 4 is 5.78 Å². The summed E-state index contributed by atoms with van der Waals surface area (Å²) in [5.74, 6) is 0.449. The minimum atomic E-state index is 0.0172. The Morgan fingerprint density at radius 1 is 1.00 bits per heavy atom. The average molecular weight is 204 g/mol. The first-order chi connectivity index (χ1) is 6.91. The molecule has 0 aliphatic carbocycles. The molecule has 0 aromatic heterocycles. The summed E-state index contributed by atoms with van der Waals surface area (Å²) < 4.78 is 0. The molecule has 0 spiro atoms. The van der Waals surface area contributed by atoms with Crippen LogP contribution in [0.15, 0.2) is 18.2 Å². The molecule has 1 unspecified atom stereocenters. The summed E-state index contributed by atoms with van der Waals surface area (Å²) in [6.07, 6.45) is 0. The molecule has 0 saturated heterocycles. The molecular weight excluding hydrogens is 184 g/mol. The Morgan fingerprint density at radius 2 is 1.47 bits per heavy atom. The fourth-order valence-electron chi connectivity index (χ4n) is 1.92. The Hall–Kier alpha value is -1.11. The smallest absolute Gasteiger partial charge is 0.142 e. The van der Waals surface area contributed by atoms with Crippen LogP contribution in [0.3, 0.4) is 0 Å². The van der Waals surface area contributed by atoms with Crippen LogP contribution in [0.5, 0.6) is 0 Å². The van der Waals surface area contributed by atoms with Crippen molar-refractivity contribution in [1.29, 1.82) is 0 Å². The molecular formula is C14H20O. The zero-order chi connectivity index (χ0) is 11.6. The molecule has 1 nitrogen and oxygen atoms in total. The van der Waals surface area contributed by atoms with Gasteiger partial charge in [-0.25, -0.2) is 0 Å². The fraction of sp³-hybridized carbons (Fsp3) is 0.500. The highest BCUT2D eigenvalue weighted by Gasteiger charge is 2.18. The van der Waals surface area contributed by atoms with Crippen molar-refractivity contribution in [2.24, 2.45) is 5.92 Å². The third-order valence-corrected chi connectivity index (χ3v) is 2.74. The van der Waals surface area contributed by atoms with E-state index in [1.807, 2.05) is 20.8 Å². The summed E-state index contributed by atoms with van der Waals surface area (Å²) in [5, 5.41) is 0. The Bertz CT molecular complexity index is 343. The maximum absolute atomic E-state index is 11.9. The van der Waals surface area contributed by atoms with Crippen molar-refractivity contribution in [3.05, 3.63) is 34.9 Å². The molecule has 82 valence electrons. The van der Waals surface area contributed by atoms with Crippen LogP contribution in [0.4, 0.5) is 0 Å². The SMILES string of the molecule is Cc1cc(C)cc(C(C)C(=O)C(C)C)c1. The molecule has 1 heteroatoms.